The van der Waals surface area contributed by atoms with Gasteiger partial charge in [-0.2, -0.15) is 0 Å². The van der Waals surface area contributed by atoms with Crippen molar-refractivity contribution in [2.75, 3.05) is 6.54 Å². The van der Waals surface area contributed by atoms with Crippen molar-refractivity contribution in [2.24, 2.45) is 0 Å². The Morgan fingerprint density at radius 2 is 2.05 bits per heavy atom. The first-order valence-electron chi connectivity index (χ1n) is 7.16. The van der Waals surface area contributed by atoms with Gasteiger partial charge in [0, 0.05) is 22.4 Å². The number of hydrogen-bond acceptors (Lipinski definition) is 3. The molecule has 2 aromatic heterocycles. The van der Waals surface area contributed by atoms with Crippen LogP contribution in [0.2, 0.25) is 5.02 Å². The van der Waals surface area contributed by atoms with Crippen molar-refractivity contribution in [1.29, 1.82) is 0 Å². The van der Waals surface area contributed by atoms with Crippen molar-refractivity contribution in [2.45, 2.75) is 39.2 Å². The van der Waals surface area contributed by atoms with E-state index in [9.17, 15) is 0 Å². The Labute approximate surface area is 130 Å². The van der Waals surface area contributed by atoms with E-state index < -0.39 is 0 Å². The molecule has 0 radical (unpaired) electrons. The number of hydrogen-bond donors (Lipinski definition) is 1. The Kier molecular flexibility index (Phi) is 6.02. The number of nitrogens with zero attached hydrogens (tertiary/aromatic N) is 1. The fourth-order valence-electron chi connectivity index (χ4n) is 2.16. The van der Waals surface area contributed by atoms with Crippen molar-refractivity contribution >= 4 is 22.9 Å². The molecule has 0 aliphatic carbocycles. The highest BCUT2D eigenvalue weighted by Gasteiger charge is 2.16. The van der Waals surface area contributed by atoms with Crippen molar-refractivity contribution in [3.8, 4) is 0 Å². The third-order valence-electron chi connectivity index (χ3n) is 3.23. The molecule has 0 spiro atoms. The summed E-state index contributed by atoms with van der Waals surface area (Å²) in [5, 5.41) is 4.31. The van der Waals surface area contributed by atoms with Gasteiger partial charge in [0.1, 0.15) is 0 Å². The van der Waals surface area contributed by atoms with E-state index in [0.29, 0.717) is 0 Å². The molecule has 0 aromatic carbocycles. The summed E-state index contributed by atoms with van der Waals surface area (Å²) in [5.41, 5.74) is 0.953. The maximum Gasteiger partial charge on any atom is 0.0762 e. The second-order valence-corrected chi connectivity index (χ2v) is 6.46. The van der Waals surface area contributed by atoms with Crippen molar-refractivity contribution in [3.05, 3.63) is 50.9 Å². The highest BCUT2D eigenvalue weighted by atomic mass is 35.5. The molecule has 0 saturated heterocycles. The van der Waals surface area contributed by atoms with Crippen LogP contribution in [-0.4, -0.2) is 11.5 Å². The molecule has 2 nitrogen and oxygen atoms in total. The molecule has 2 rings (SSSR count). The smallest absolute Gasteiger partial charge is 0.0762 e. The minimum absolute atomic E-state index is 0.187. The minimum atomic E-state index is 0.187. The van der Waals surface area contributed by atoms with E-state index in [0.717, 1.165) is 36.5 Å². The zero-order valence-electron chi connectivity index (χ0n) is 12.0. The second kappa shape index (κ2) is 7.77. The number of pyridine rings is 1. The highest BCUT2D eigenvalue weighted by Crippen LogP contribution is 2.27. The van der Waals surface area contributed by atoms with Gasteiger partial charge in [-0.05, 0) is 43.7 Å². The van der Waals surface area contributed by atoms with Crippen LogP contribution in [0.15, 0.2) is 30.5 Å². The van der Waals surface area contributed by atoms with Crippen LogP contribution >= 0.6 is 22.9 Å². The predicted molar refractivity (Wildman–Crippen MR) is 87.7 cm³/mol. The Bertz CT molecular complexity index is 539. The summed E-state index contributed by atoms with van der Waals surface area (Å²) in [6, 6.07) is 8.42. The number of rotatable bonds is 7. The molecule has 0 aliphatic heterocycles. The molecule has 0 bridgehead atoms. The van der Waals surface area contributed by atoms with E-state index in [1.165, 1.54) is 9.75 Å². The van der Waals surface area contributed by atoms with Gasteiger partial charge in [-0.1, -0.05) is 25.4 Å². The maximum atomic E-state index is 6.30. The number of halogens is 1. The first-order valence-corrected chi connectivity index (χ1v) is 8.35. The quantitative estimate of drug-likeness (QED) is 0.806. The number of thiophene rings is 1. The number of nitrogens with one attached hydrogen (secondary N) is 1. The molecule has 2 aromatic rings. The third-order valence-corrected chi connectivity index (χ3v) is 4.80. The highest BCUT2D eigenvalue weighted by molar-refractivity contribution is 7.11. The van der Waals surface area contributed by atoms with Gasteiger partial charge < -0.3 is 5.32 Å². The second-order valence-electron chi connectivity index (χ2n) is 4.80. The lowest BCUT2D eigenvalue weighted by molar-refractivity contribution is 0.521. The molecular formula is C16H21ClN2S. The zero-order chi connectivity index (χ0) is 14.4. The fourth-order valence-corrected chi connectivity index (χ4v) is 3.42. The largest absolute Gasteiger partial charge is 0.308 e. The Morgan fingerprint density at radius 3 is 2.70 bits per heavy atom. The Hall–Kier alpha value is -0.900. The van der Waals surface area contributed by atoms with Gasteiger partial charge in [-0.3, -0.25) is 4.98 Å². The molecule has 0 saturated carbocycles. The standard InChI is InChI=1S/C16H21ClN2S/c1-3-9-18-15(16-14(17)6-5-10-19-16)11-13-8-7-12(4-2)20-13/h5-8,10,15,18H,3-4,9,11H2,1-2H3. The summed E-state index contributed by atoms with van der Waals surface area (Å²) in [6.07, 6.45) is 4.96. The van der Waals surface area contributed by atoms with E-state index in [1.54, 1.807) is 0 Å². The third kappa shape index (κ3) is 4.05. The topological polar surface area (TPSA) is 24.9 Å². The van der Waals surface area contributed by atoms with E-state index >= 15 is 0 Å². The van der Waals surface area contributed by atoms with Crippen LogP contribution in [0.25, 0.3) is 0 Å². The summed E-state index contributed by atoms with van der Waals surface area (Å²) in [7, 11) is 0. The molecule has 108 valence electrons. The molecule has 0 fully saturated rings. The van der Waals surface area contributed by atoms with Gasteiger partial charge in [-0.25, -0.2) is 0 Å². The molecular weight excluding hydrogens is 288 g/mol. The fraction of sp³-hybridized carbons (Fsp3) is 0.438. The van der Waals surface area contributed by atoms with Gasteiger partial charge in [0.05, 0.1) is 16.8 Å². The van der Waals surface area contributed by atoms with E-state index in [2.05, 4.69) is 36.3 Å². The van der Waals surface area contributed by atoms with E-state index in [4.69, 9.17) is 11.6 Å². The van der Waals surface area contributed by atoms with Gasteiger partial charge in [0.2, 0.25) is 0 Å². The molecule has 2 heterocycles. The van der Waals surface area contributed by atoms with E-state index in [1.807, 2.05) is 29.7 Å². The van der Waals surface area contributed by atoms with Gasteiger partial charge in [0.15, 0.2) is 0 Å². The average Bonchev–Trinajstić information content (AvgIpc) is 2.92. The average molecular weight is 309 g/mol. The van der Waals surface area contributed by atoms with Crippen LogP contribution in [0.5, 0.6) is 0 Å². The van der Waals surface area contributed by atoms with Crippen LogP contribution in [-0.2, 0) is 12.8 Å². The normalized spacial score (nSPS) is 12.6. The molecule has 0 amide bonds. The predicted octanol–water partition coefficient (Wildman–Crippen LogP) is 4.64. The first kappa shape index (κ1) is 15.5. The summed E-state index contributed by atoms with van der Waals surface area (Å²) in [4.78, 5) is 7.28. The minimum Gasteiger partial charge on any atom is -0.308 e. The first-order chi connectivity index (χ1) is 9.74. The van der Waals surface area contributed by atoms with Crippen molar-refractivity contribution in [1.82, 2.24) is 10.3 Å². The summed E-state index contributed by atoms with van der Waals surface area (Å²) >= 11 is 8.18. The number of aromatic nitrogens is 1. The number of aryl methyl sites for hydroxylation is 1. The maximum absolute atomic E-state index is 6.30. The molecule has 1 unspecified atom stereocenters. The molecule has 1 atom stereocenters. The lowest BCUT2D eigenvalue weighted by atomic mass is 10.1. The SMILES string of the molecule is CCCNC(Cc1ccc(CC)s1)c1ncccc1Cl. The molecule has 0 aliphatic rings. The molecule has 1 N–H and O–H groups in total. The Morgan fingerprint density at radius 1 is 1.25 bits per heavy atom. The van der Waals surface area contributed by atoms with Crippen LogP contribution in [0.3, 0.4) is 0 Å². The van der Waals surface area contributed by atoms with Crippen LogP contribution in [0.1, 0.15) is 41.8 Å². The van der Waals surface area contributed by atoms with Gasteiger partial charge >= 0.3 is 0 Å². The molecule has 4 heteroatoms. The van der Waals surface area contributed by atoms with Gasteiger partial charge in [-0.15, -0.1) is 11.3 Å². The van der Waals surface area contributed by atoms with Crippen LogP contribution in [0.4, 0.5) is 0 Å². The lowest BCUT2D eigenvalue weighted by Crippen LogP contribution is -2.25. The van der Waals surface area contributed by atoms with Gasteiger partial charge in [0.25, 0.3) is 0 Å². The van der Waals surface area contributed by atoms with Crippen molar-refractivity contribution in [3.63, 3.8) is 0 Å². The zero-order valence-corrected chi connectivity index (χ0v) is 13.6. The lowest BCUT2D eigenvalue weighted by Gasteiger charge is -2.18. The molecule has 20 heavy (non-hydrogen) atoms. The summed E-state index contributed by atoms with van der Waals surface area (Å²) < 4.78 is 0. The van der Waals surface area contributed by atoms with E-state index in [-0.39, 0.29) is 6.04 Å². The summed E-state index contributed by atoms with van der Waals surface area (Å²) in [5.74, 6) is 0. The summed E-state index contributed by atoms with van der Waals surface area (Å²) in [6.45, 7) is 5.34. The van der Waals surface area contributed by atoms with Crippen LogP contribution < -0.4 is 5.32 Å². The van der Waals surface area contributed by atoms with Crippen LogP contribution in [0, 0.1) is 0 Å². The monoisotopic (exact) mass is 308 g/mol. The van der Waals surface area contributed by atoms with Crippen molar-refractivity contribution < 1.29 is 0 Å². The Balaban J connectivity index is 2.17.